The zero-order chi connectivity index (χ0) is 14.1. The molecule has 2 aliphatic carbocycles. The second-order valence-electron chi connectivity index (χ2n) is 6.41. The molecule has 0 radical (unpaired) electrons. The molecule has 1 N–H and O–H groups in total. The van der Waals surface area contributed by atoms with Crippen molar-refractivity contribution in [3.8, 4) is 0 Å². The standard InChI is InChI=1S/C16H23NO3/c18-15-14-11(5-4-8-13(14)16(19)20)9-10-17(15)12-6-2-1-3-7-12/h4-5,11-14H,1-3,6-10H2,(H,19,20). The van der Waals surface area contributed by atoms with E-state index in [4.69, 9.17) is 0 Å². The van der Waals surface area contributed by atoms with E-state index in [1.165, 1.54) is 19.3 Å². The highest BCUT2D eigenvalue weighted by Gasteiger charge is 2.46. The summed E-state index contributed by atoms with van der Waals surface area (Å²) in [5.41, 5.74) is 0. The molecule has 3 aliphatic rings. The van der Waals surface area contributed by atoms with Gasteiger partial charge >= 0.3 is 5.97 Å². The fourth-order valence-electron chi connectivity index (χ4n) is 4.20. The summed E-state index contributed by atoms with van der Waals surface area (Å²) in [7, 11) is 0. The summed E-state index contributed by atoms with van der Waals surface area (Å²) in [5.74, 6) is -1.43. The Balaban J connectivity index is 1.79. The van der Waals surface area contributed by atoms with Crippen LogP contribution in [0.15, 0.2) is 12.2 Å². The van der Waals surface area contributed by atoms with Gasteiger partial charge in [0, 0.05) is 12.6 Å². The molecule has 3 unspecified atom stereocenters. The highest BCUT2D eigenvalue weighted by atomic mass is 16.4. The average Bonchev–Trinajstić information content (AvgIpc) is 2.48. The van der Waals surface area contributed by atoms with Gasteiger partial charge in [0.25, 0.3) is 0 Å². The minimum absolute atomic E-state index is 0.102. The fraction of sp³-hybridized carbons (Fsp3) is 0.750. The van der Waals surface area contributed by atoms with E-state index in [-0.39, 0.29) is 17.7 Å². The molecule has 110 valence electrons. The molecule has 4 heteroatoms. The van der Waals surface area contributed by atoms with Crippen molar-refractivity contribution in [2.45, 2.75) is 51.0 Å². The molecule has 0 spiro atoms. The lowest BCUT2D eigenvalue weighted by atomic mass is 9.71. The first-order valence-electron chi connectivity index (χ1n) is 7.88. The maximum atomic E-state index is 12.8. The predicted octanol–water partition coefficient (Wildman–Crippen LogP) is 2.44. The third kappa shape index (κ3) is 2.36. The zero-order valence-electron chi connectivity index (χ0n) is 11.8. The number of likely N-dealkylation sites (tertiary alicyclic amines) is 1. The molecule has 1 heterocycles. The normalized spacial score (nSPS) is 34.9. The molecule has 1 aliphatic heterocycles. The quantitative estimate of drug-likeness (QED) is 0.789. The number of piperidine rings is 1. The number of fused-ring (bicyclic) bond motifs is 1. The van der Waals surface area contributed by atoms with Crippen molar-refractivity contribution in [2.75, 3.05) is 6.54 Å². The minimum atomic E-state index is -0.816. The molecule has 3 atom stereocenters. The number of rotatable bonds is 2. The summed E-state index contributed by atoms with van der Waals surface area (Å²) in [6.45, 7) is 0.807. The van der Waals surface area contributed by atoms with E-state index in [2.05, 4.69) is 6.08 Å². The third-order valence-corrected chi connectivity index (χ3v) is 5.27. The van der Waals surface area contributed by atoms with Gasteiger partial charge in [0.05, 0.1) is 11.8 Å². The number of aliphatic carboxylic acids is 1. The number of carboxylic acids is 1. The largest absolute Gasteiger partial charge is 0.481 e. The minimum Gasteiger partial charge on any atom is -0.481 e. The van der Waals surface area contributed by atoms with E-state index < -0.39 is 11.9 Å². The van der Waals surface area contributed by atoms with E-state index in [0.717, 1.165) is 25.8 Å². The van der Waals surface area contributed by atoms with Crippen molar-refractivity contribution < 1.29 is 14.7 Å². The van der Waals surface area contributed by atoms with Gasteiger partial charge in [-0.25, -0.2) is 0 Å². The molecular weight excluding hydrogens is 254 g/mol. The number of carbonyl (C=O) groups is 2. The second-order valence-corrected chi connectivity index (χ2v) is 6.41. The Morgan fingerprint density at radius 2 is 1.95 bits per heavy atom. The first-order valence-corrected chi connectivity index (χ1v) is 7.88. The van der Waals surface area contributed by atoms with Gasteiger partial charge in [-0.15, -0.1) is 0 Å². The van der Waals surface area contributed by atoms with Crippen LogP contribution in [-0.4, -0.2) is 34.5 Å². The topological polar surface area (TPSA) is 57.6 Å². The summed E-state index contributed by atoms with van der Waals surface area (Å²) in [6.07, 6.45) is 11.3. The van der Waals surface area contributed by atoms with E-state index in [1.54, 1.807) is 0 Å². The van der Waals surface area contributed by atoms with Crippen molar-refractivity contribution in [1.29, 1.82) is 0 Å². The Hall–Kier alpha value is -1.32. The molecule has 1 amide bonds. The maximum absolute atomic E-state index is 12.8. The van der Waals surface area contributed by atoms with Gasteiger partial charge < -0.3 is 10.0 Å². The van der Waals surface area contributed by atoms with Crippen LogP contribution in [0, 0.1) is 17.8 Å². The molecule has 1 saturated heterocycles. The summed E-state index contributed by atoms with van der Waals surface area (Å²) in [4.78, 5) is 26.2. The van der Waals surface area contributed by atoms with Gasteiger partial charge in [0.1, 0.15) is 0 Å². The lowest BCUT2D eigenvalue weighted by Crippen LogP contribution is -2.54. The zero-order valence-corrected chi connectivity index (χ0v) is 11.8. The molecule has 4 nitrogen and oxygen atoms in total. The number of carboxylic acid groups (broad SMARTS) is 1. The average molecular weight is 277 g/mol. The molecule has 3 rings (SSSR count). The molecule has 2 fully saturated rings. The second kappa shape index (κ2) is 5.58. The first kappa shape index (κ1) is 13.7. The van der Waals surface area contributed by atoms with Crippen LogP contribution in [-0.2, 0) is 9.59 Å². The molecule has 0 aromatic rings. The van der Waals surface area contributed by atoms with Crippen LogP contribution < -0.4 is 0 Å². The SMILES string of the molecule is O=C(O)C1CC=CC2CCN(C3CCCCC3)C(=O)C21. The van der Waals surface area contributed by atoms with Crippen molar-refractivity contribution in [1.82, 2.24) is 4.90 Å². The van der Waals surface area contributed by atoms with Crippen LogP contribution in [0.1, 0.15) is 44.9 Å². The molecule has 20 heavy (non-hydrogen) atoms. The Labute approximate surface area is 119 Å². The Bertz CT molecular complexity index is 425. The summed E-state index contributed by atoms with van der Waals surface area (Å²) in [5, 5.41) is 9.39. The highest BCUT2D eigenvalue weighted by Crippen LogP contribution is 2.39. The summed E-state index contributed by atoms with van der Waals surface area (Å²) in [6, 6.07) is 0.359. The first-order chi connectivity index (χ1) is 9.68. The molecular formula is C16H23NO3. The smallest absolute Gasteiger partial charge is 0.307 e. The van der Waals surface area contributed by atoms with Gasteiger partial charge in [-0.2, -0.15) is 0 Å². The van der Waals surface area contributed by atoms with Crippen LogP contribution in [0.4, 0.5) is 0 Å². The van der Waals surface area contributed by atoms with Crippen LogP contribution >= 0.6 is 0 Å². The van der Waals surface area contributed by atoms with E-state index >= 15 is 0 Å². The molecule has 1 saturated carbocycles. The van der Waals surface area contributed by atoms with Gasteiger partial charge in [-0.1, -0.05) is 31.4 Å². The number of carbonyl (C=O) groups excluding carboxylic acids is 1. The van der Waals surface area contributed by atoms with Crippen molar-refractivity contribution in [2.24, 2.45) is 17.8 Å². The lowest BCUT2D eigenvalue weighted by molar-refractivity contribution is -0.156. The summed E-state index contributed by atoms with van der Waals surface area (Å²) < 4.78 is 0. The highest BCUT2D eigenvalue weighted by molar-refractivity contribution is 5.86. The van der Waals surface area contributed by atoms with Gasteiger partial charge in [-0.3, -0.25) is 9.59 Å². The third-order valence-electron chi connectivity index (χ3n) is 5.27. The fourth-order valence-corrected chi connectivity index (χ4v) is 4.20. The van der Waals surface area contributed by atoms with Crippen molar-refractivity contribution >= 4 is 11.9 Å². The van der Waals surface area contributed by atoms with E-state index in [9.17, 15) is 14.7 Å². The number of amides is 1. The van der Waals surface area contributed by atoms with Crippen LogP contribution in [0.2, 0.25) is 0 Å². The number of allylic oxidation sites excluding steroid dienone is 2. The van der Waals surface area contributed by atoms with Crippen LogP contribution in [0.25, 0.3) is 0 Å². The van der Waals surface area contributed by atoms with Gasteiger partial charge in [-0.05, 0) is 31.6 Å². The predicted molar refractivity (Wildman–Crippen MR) is 75.1 cm³/mol. The monoisotopic (exact) mass is 277 g/mol. The van der Waals surface area contributed by atoms with Crippen molar-refractivity contribution in [3.63, 3.8) is 0 Å². The Morgan fingerprint density at radius 1 is 1.20 bits per heavy atom. The lowest BCUT2D eigenvalue weighted by Gasteiger charge is -2.45. The molecule has 0 bridgehead atoms. The number of hydrogen-bond acceptors (Lipinski definition) is 2. The van der Waals surface area contributed by atoms with Crippen molar-refractivity contribution in [3.05, 3.63) is 12.2 Å². The summed E-state index contributed by atoms with van der Waals surface area (Å²) >= 11 is 0. The van der Waals surface area contributed by atoms with Crippen LogP contribution in [0.5, 0.6) is 0 Å². The Kier molecular flexibility index (Phi) is 3.81. The molecule has 0 aromatic carbocycles. The van der Waals surface area contributed by atoms with Gasteiger partial charge in [0.2, 0.25) is 5.91 Å². The number of hydrogen-bond donors (Lipinski definition) is 1. The van der Waals surface area contributed by atoms with E-state index in [1.807, 2.05) is 11.0 Å². The number of nitrogens with zero attached hydrogens (tertiary/aromatic N) is 1. The maximum Gasteiger partial charge on any atom is 0.307 e. The van der Waals surface area contributed by atoms with Gasteiger partial charge in [0.15, 0.2) is 0 Å². The Morgan fingerprint density at radius 3 is 2.65 bits per heavy atom. The van der Waals surface area contributed by atoms with E-state index in [0.29, 0.717) is 12.5 Å². The molecule has 0 aromatic heterocycles. The van der Waals surface area contributed by atoms with Crippen LogP contribution in [0.3, 0.4) is 0 Å².